The van der Waals surface area contributed by atoms with Gasteiger partial charge in [-0.15, -0.1) is 0 Å². The third-order valence-electron chi connectivity index (χ3n) is 2.11. The smallest absolute Gasteiger partial charge is 0.163 e. The summed E-state index contributed by atoms with van der Waals surface area (Å²) in [4.78, 5) is 11.2. The van der Waals surface area contributed by atoms with Gasteiger partial charge in [-0.2, -0.15) is 0 Å². The quantitative estimate of drug-likeness (QED) is 0.448. The van der Waals surface area contributed by atoms with Crippen molar-refractivity contribution in [2.45, 2.75) is 25.3 Å². The minimum absolute atomic E-state index is 0.0538. The molecule has 0 saturated heterocycles. The number of nitrogens with one attached hydrogen (secondary N) is 2. The minimum Gasteiger partial charge on any atom is -0.324 e. The number of hydrogen-bond donors (Lipinski definition) is 3. The Morgan fingerprint density at radius 1 is 1.38 bits per heavy atom. The predicted octanol–water partition coefficient (Wildman–Crippen LogP) is -0.508. The van der Waals surface area contributed by atoms with Crippen LogP contribution in [0.1, 0.15) is 19.3 Å². The molecule has 0 fully saturated rings. The maximum absolute atomic E-state index is 11.2. The van der Waals surface area contributed by atoms with E-state index in [0.717, 1.165) is 25.8 Å². The van der Waals surface area contributed by atoms with Crippen molar-refractivity contribution in [2.24, 2.45) is 5.73 Å². The molecule has 1 unspecified atom stereocenters. The van der Waals surface area contributed by atoms with Gasteiger partial charge in [0.25, 0.3) is 0 Å². The lowest BCUT2D eigenvalue weighted by Gasteiger charge is -2.13. The summed E-state index contributed by atoms with van der Waals surface area (Å²) < 4.78 is 0. The largest absolute Gasteiger partial charge is 0.324 e. The van der Waals surface area contributed by atoms with Gasteiger partial charge in [-0.25, -0.2) is 0 Å². The number of ketones is 1. The summed E-state index contributed by atoms with van der Waals surface area (Å²) in [6.07, 6.45) is 3.04. The van der Waals surface area contributed by atoms with E-state index in [4.69, 9.17) is 5.73 Å². The van der Waals surface area contributed by atoms with Crippen LogP contribution in [0.5, 0.6) is 0 Å². The lowest BCUT2D eigenvalue weighted by molar-refractivity contribution is -0.119. The van der Waals surface area contributed by atoms with E-state index in [0.29, 0.717) is 0 Å². The van der Waals surface area contributed by atoms with Gasteiger partial charge in [0.15, 0.2) is 5.78 Å². The summed E-state index contributed by atoms with van der Waals surface area (Å²) >= 11 is 0. The molecule has 78 valence electrons. The highest BCUT2D eigenvalue weighted by Crippen LogP contribution is 2.00. The molecule has 0 amide bonds. The fourth-order valence-corrected chi connectivity index (χ4v) is 1.26. The number of hydrogen-bond acceptors (Lipinski definition) is 4. The Balaban J connectivity index is 3.53. The van der Waals surface area contributed by atoms with Crippen molar-refractivity contribution in [1.29, 1.82) is 0 Å². The highest BCUT2D eigenvalue weighted by Gasteiger charge is 2.13. The topological polar surface area (TPSA) is 67.1 Å². The first-order valence-electron chi connectivity index (χ1n) is 4.81. The Kier molecular flexibility index (Phi) is 7.88. The van der Waals surface area contributed by atoms with E-state index in [2.05, 4.69) is 10.6 Å². The van der Waals surface area contributed by atoms with Crippen LogP contribution in [0.15, 0.2) is 0 Å². The number of likely N-dealkylation sites (N-methyl/N-ethyl adjacent to an activating group) is 1. The van der Waals surface area contributed by atoms with Crippen molar-refractivity contribution in [1.82, 2.24) is 10.6 Å². The molecule has 0 bridgehead atoms. The standard InChI is InChI=1S/C9H21N3O/c1-11-6-4-3-5-8(12-2)9(13)7-10/h8,11-12H,3-7,10H2,1-2H3. The highest BCUT2D eigenvalue weighted by molar-refractivity contribution is 5.85. The van der Waals surface area contributed by atoms with E-state index in [-0.39, 0.29) is 18.4 Å². The third-order valence-corrected chi connectivity index (χ3v) is 2.11. The molecule has 4 nitrogen and oxygen atoms in total. The summed E-state index contributed by atoms with van der Waals surface area (Å²) in [7, 11) is 3.73. The summed E-state index contributed by atoms with van der Waals surface area (Å²) in [6, 6.07) is -0.0538. The molecular weight excluding hydrogens is 166 g/mol. The van der Waals surface area contributed by atoms with Crippen LogP contribution in [0.4, 0.5) is 0 Å². The molecule has 4 N–H and O–H groups in total. The molecule has 0 aliphatic carbocycles. The number of nitrogens with two attached hydrogens (primary N) is 1. The second kappa shape index (κ2) is 8.16. The van der Waals surface area contributed by atoms with Crippen molar-refractivity contribution < 1.29 is 4.79 Å². The number of Topliss-reactive ketones (excluding diaryl/α,β-unsaturated/α-hetero) is 1. The van der Waals surface area contributed by atoms with Crippen molar-refractivity contribution in [3.63, 3.8) is 0 Å². The maximum atomic E-state index is 11.2. The number of carbonyl (C=O) groups is 1. The molecule has 0 aromatic carbocycles. The van der Waals surface area contributed by atoms with Crippen LogP contribution in [0.2, 0.25) is 0 Å². The van der Waals surface area contributed by atoms with E-state index in [1.807, 2.05) is 7.05 Å². The first-order chi connectivity index (χ1) is 6.26. The fraction of sp³-hybridized carbons (Fsp3) is 0.889. The molecule has 0 radical (unpaired) electrons. The first kappa shape index (κ1) is 12.6. The monoisotopic (exact) mass is 187 g/mol. The van der Waals surface area contributed by atoms with Gasteiger partial charge in [0, 0.05) is 0 Å². The molecule has 0 aliphatic heterocycles. The molecule has 0 heterocycles. The average Bonchev–Trinajstić information content (AvgIpc) is 2.17. The van der Waals surface area contributed by atoms with Crippen LogP contribution >= 0.6 is 0 Å². The molecule has 0 aromatic heterocycles. The third kappa shape index (κ3) is 5.74. The zero-order valence-corrected chi connectivity index (χ0v) is 8.60. The van der Waals surface area contributed by atoms with E-state index >= 15 is 0 Å². The van der Waals surface area contributed by atoms with Crippen molar-refractivity contribution >= 4 is 5.78 Å². The van der Waals surface area contributed by atoms with Crippen molar-refractivity contribution in [3.8, 4) is 0 Å². The first-order valence-corrected chi connectivity index (χ1v) is 4.81. The Morgan fingerprint density at radius 3 is 2.54 bits per heavy atom. The zero-order valence-electron chi connectivity index (χ0n) is 8.60. The Morgan fingerprint density at radius 2 is 2.08 bits per heavy atom. The minimum atomic E-state index is -0.0538. The number of carbonyl (C=O) groups excluding carboxylic acids is 1. The van der Waals surface area contributed by atoms with Gasteiger partial charge in [-0.05, 0) is 33.5 Å². The summed E-state index contributed by atoms with van der Waals surface area (Å²) in [5, 5.41) is 6.05. The van der Waals surface area contributed by atoms with E-state index in [1.54, 1.807) is 7.05 Å². The molecule has 0 aliphatic rings. The van der Waals surface area contributed by atoms with Gasteiger partial charge >= 0.3 is 0 Å². The van der Waals surface area contributed by atoms with Gasteiger partial charge in [0.1, 0.15) is 0 Å². The van der Waals surface area contributed by atoms with Gasteiger partial charge in [0.2, 0.25) is 0 Å². The molecule has 0 rings (SSSR count). The maximum Gasteiger partial charge on any atom is 0.163 e. The summed E-state index contributed by atoms with van der Waals surface area (Å²) in [5.74, 6) is 0.104. The highest BCUT2D eigenvalue weighted by atomic mass is 16.1. The second-order valence-electron chi connectivity index (χ2n) is 3.11. The molecule has 13 heavy (non-hydrogen) atoms. The van der Waals surface area contributed by atoms with Crippen LogP contribution in [0.3, 0.4) is 0 Å². The van der Waals surface area contributed by atoms with Gasteiger partial charge in [-0.1, -0.05) is 6.42 Å². The van der Waals surface area contributed by atoms with Crippen LogP contribution in [-0.2, 0) is 4.79 Å². The zero-order chi connectivity index (χ0) is 10.1. The average molecular weight is 187 g/mol. The second-order valence-corrected chi connectivity index (χ2v) is 3.11. The normalized spacial score (nSPS) is 12.8. The Bertz CT molecular complexity index is 139. The number of unbranched alkanes of at least 4 members (excludes halogenated alkanes) is 1. The molecular formula is C9H21N3O. The summed E-state index contributed by atoms with van der Waals surface area (Å²) in [6.45, 7) is 1.14. The molecule has 0 spiro atoms. The van der Waals surface area contributed by atoms with Gasteiger partial charge < -0.3 is 16.4 Å². The fourth-order valence-electron chi connectivity index (χ4n) is 1.26. The van der Waals surface area contributed by atoms with E-state index < -0.39 is 0 Å². The van der Waals surface area contributed by atoms with Crippen molar-refractivity contribution in [3.05, 3.63) is 0 Å². The van der Waals surface area contributed by atoms with Crippen molar-refractivity contribution in [2.75, 3.05) is 27.2 Å². The lowest BCUT2D eigenvalue weighted by Crippen LogP contribution is -2.38. The van der Waals surface area contributed by atoms with Crippen LogP contribution in [0.25, 0.3) is 0 Å². The summed E-state index contributed by atoms with van der Waals surface area (Å²) in [5.41, 5.74) is 5.28. The Hall–Kier alpha value is -0.450. The van der Waals surface area contributed by atoms with E-state index in [9.17, 15) is 4.79 Å². The molecule has 1 atom stereocenters. The van der Waals surface area contributed by atoms with Gasteiger partial charge in [-0.3, -0.25) is 4.79 Å². The predicted molar refractivity (Wildman–Crippen MR) is 54.7 cm³/mol. The number of rotatable bonds is 8. The molecule has 0 aromatic rings. The van der Waals surface area contributed by atoms with E-state index in [1.165, 1.54) is 0 Å². The van der Waals surface area contributed by atoms with Crippen LogP contribution in [0, 0.1) is 0 Å². The Labute approximate surface area is 80.3 Å². The van der Waals surface area contributed by atoms with Gasteiger partial charge in [0.05, 0.1) is 12.6 Å². The van der Waals surface area contributed by atoms with Crippen LogP contribution < -0.4 is 16.4 Å². The molecule has 4 heteroatoms. The SMILES string of the molecule is CNCCCCC(NC)C(=O)CN. The lowest BCUT2D eigenvalue weighted by atomic mass is 10.1. The molecule has 0 saturated carbocycles. The van der Waals surface area contributed by atoms with Crippen LogP contribution in [-0.4, -0.2) is 39.0 Å².